The lowest BCUT2D eigenvalue weighted by atomic mass is 10.1. The lowest BCUT2D eigenvalue weighted by Gasteiger charge is -1.98. The number of aryl methyl sites for hydroxylation is 2. The molecule has 144 valence electrons. The summed E-state index contributed by atoms with van der Waals surface area (Å²) in [7, 11) is 3.20. The highest BCUT2D eigenvalue weighted by molar-refractivity contribution is 9.10. The third kappa shape index (κ3) is 3.81. The number of carboxylic acid groups (broad SMARTS) is 2. The summed E-state index contributed by atoms with van der Waals surface area (Å²) < 4.78 is 3.21. The van der Waals surface area contributed by atoms with Crippen molar-refractivity contribution < 1.29 is 19.8 Å². The number of aromatic nitrogens is 5. The Balaban J connectivity index is 0.000000192. The maximum Gasteiger partial charge on any atom is 0.354 e. The number of aromatic carboxylic acids is 2. The molecule has 0 unspecified atom stereocenters. The molecule has 0 bridgehead atoms. The maximum atomic E-state index is 11.0. The molecule has 10 heteroatoms. The van der Waals surface area contributed by atoms with Gasteiger partial charge in [0.05, 0.1) is 11.2 Å². The zero-order valence-corrected chi connectivity index (χ0v) is 16.5. The molecule has 0 saturated carbocycles. The van der Waals surface area contributed by atoms with Crippen LogP contribution in [0, 0.1) is 0 Å². The van der Waals surface area contributed by atoms with Crippen molar-refractivity contribution in [2.45, 2.75) is 0 Å². The molecule has 3 aromatic heterocycles. The summed E-state index contributed by atoms with van der Waals surface area (Å²) in [6.45, 7) is 0. The highest BCUT2D eigenvalue weighted by Gasteiger charge is 2.14. The lowest BCUT2D eigenvalue weighted by Crippen LogP contribution is -2.04. The van der Waals surface area contributed by atoms with Gasteiger partial charge in [-0.2, -0.15) is 10.2 Å². The van der Waals surface area contributed by atoms with Gasteiger partial charge in [0.1, 0.15) is 16.0 Å². The predicted octanol–water partition coefficient (Wildman–Crippen LogP) is 3.15. The van der Waals surface area contributed by atoms with Gasteiger partial charge < -0.3 is 15.2 Å². The van der Waals surface area contributed by atoms with Gasteiger partial charge in [-0.05, 0) is 28.1 Å². The second kappa shape index (κ2) is 7.69. The number of H-pyrrole nitrogens is 1. The van der Waals surface area contributed by atoms with Gasteiger partial charge in [-0.15, -0.1) is 0 Å². The monoisotopic (exact) mass is 445 g/mol. The van der Waals surface area contributed by atoms with E-state index in [9.17, 15) is 9.59 Å². The number of nitrogens with zero attached hydrogens (tertiary/aromatic N) is 4. The summed E-state index contributed by atoms with van der Waals surface area (Å²) >= 11 is 3.06. The van der Waals surface area contributed by atoms with Gasteiger partial charge in [0.25, 0.3) is 0 Å². The smallest absolute Gasteiger partial charge is 0.354 e. The number of fused-ring (bicyclic) bond motifs is 1. The van der Waals surface area contributed by atoms with Gasteiger partial charge in [-0.3, -0.25) is 9.36 Å². The van der Waals surface area contributed by atoms with Crippen molar-refractivity contribution in [2.75, 3.05) is 0 Å². The Labute approximate surface area is 167 Å². The number of benzene rings is 1. The van der Waals surface area contributed by atoms with Crippen molar-refractivity contribution in [3.8, 4) is 11.3 Å². The Morgan fingerprint density at radius 1 is 1.00 bits per heavy atom. The molecule has 3 N–H and O–H groups in total. The fraction of sp³-hybridized carbons (Fsp3) is 0.111. The van der Waals surface area contributed by atoms with Crippen LogP contribution in [-0.4, -0.2) is 46.7 Å². The van der Waals surface area contributed by atoms with Gasteiger partial charge >= 0.3 is 11.9 Å². The molecule has 28 heavy (non-hydrogen) atoms. The van der Waals surface area contributed by atoms with Crippen molar-refractivity contribution in [1.82, 2.24) is 24.5 Å². The SMILES string of the molecule is Cn1nc(-c2cccc3cc[nH]c23)cc1C(=O)O.Cn1nc(Br)cc1C(=O)O. The quantitative estimate of drug-likeness (QED) is 0.444. The van der Waals surface area contributed by atoms with Crippen LogP contribution in [0.15, 0.2) is 47.2 Å². The molecule has 0 aliphatic rings. The second-order valence-corrected chi connectivity index (χ2v) is 6.68. The van der Waals surface area contributed by atoms with Gasteiger partial charge in [0.15, 0.2) is 0 Å². The normalized spacial score (nSPS) is 10.5. The van der Waals surface area contributed by atoms with E-state index >= 15 is 0 Å². The van der Waals surface area contributed by atoms with Crippen LogP contribution in [0.5, 0.6) is 0 Å². The molecule has 3 heterocycles. The largest absolute Gasteiger partial charge is 0.477 e. The Hall–Kier alpha value is -3.40. The number of rotatable bonds is 3. The number of halogens is 1. The van der Waals surface area contributed by atoms with Crippen LogP contribution in [0.25, 0.3) is 22.2 Å². The molecular weight excluding hydrogens is 430 g/mol. The number of aromatic amines is 1. The average Bonchev–Trinajstić information content (AvgIpc) is 3.33. The summed E-state index contributed by atoms with van der Waals surface area (Å²) in [5.41, 5.74) is 2.87. The van der Waals surface area contributed by atoms with Crippen molar-refractivity contribution >= 4 is 38.8 Å². The van der Waals surface area contributed by atoms with Gasteiger partial charge in [0, 0.05) is 37.3 Å². The molecule has 0 saturated heterocycles. The average molecular weight is 446 g/mol. The molecule has 0 fully saturated rings. The highest BCUT2D eigenvalue weighted by Crippen LogP contribution is 2.26. The number of carboxylic acids is 2. The Bertz CT molecular complexity index is 1170. The van der Waals surface area contributed by atoms with Crippen molar-refractivity contribution in [2.24, 2.45) is 14.1 Å². The highest BCUT2D eigenvalue weighted by atomic mass is 79.9. The van der Waals surface area contributed by atoms with Gasteiger partial charge in [-0.1, -0.05) is 18.2 Å². The lowest BCUT2D eigenvalue weighted by molar-refractivity contribution is 0.0674. The van der Waals surface area contributed by atoms with E-state index in [4.69, 9.17) is 10.2 Å². The first-order valence-corrected chi connectivity index (χ1v) is 8.84. The summed E-state index contributed by atoms with van der Waals surface area (Å²) in [5, 5.41) is 26.6. The first-order chi connectivity index (χ1) is 13.3. The minimum absolute atomic E-state index is 0.173. The van der Waals surface area contributed by atoms with Crippen LogP contribution in [0.1, 0.15) is 21.0 Å². The first-order valence-electron chi connectivity index (χ1n) is 8.04. The van der Waals surface area contributed by atoms with Crippen LogP contribution in [-0.2, 0) is 14.1 Å². The fourth-order valence-corrected chi connectivity index (χ4v) is 3.18. The molecule has 0 amide bonds. The first kappa shape index (κ1) is 19.4. The topological polar surface area (TPSA) is 126 Å². The summed E-state index contributed by atoms with van der Waals surface area (Å²) in [5.74, 6) is -1.95. The van der Waals surface area contributed by atoms with E-state index in [2.05, 4.69) is 31.1 Å². The third-order valence-electron chi connectivity index (χ3n) is 4.03. The van der Waals surface area contributed by atoms with Crippen molar-refractivity contribution in [1.29, 1.82) is 0 Å². The molecule has 4 rings (SSSR count). The molecule has 0 aliphatic heterocycles. The van der Waals surface area contributed by atoms with Gasteiger partial charge in [-0.25, -0.2) is 9.59 Å². The summed E-state index contributed by atoms with van der Waals surface area (Å²) in [4.78, 5) is 24.5. The zero-order chi connectivity index (χ0) is 20.4. The van der Waals surface area contributed by atoms with Crippen LogP contribution >= 0.6 is 15.9 Å². The van der Waals surface area contributed by atoms with Gasteiger partial charge in [0.2, 0.25) is 0 Å². The van der Waals surface area contributed by atoms with E-state index in [0.717, 1.165) is 16.5 Å². The van der Waals surface area contributed by atoms with Crippen LogP contribution < -0.4 is 0 Å². The minimum Gasteiger partial charge on any atom is -0.477 e. The number of para-hydroxylation sites is 1. The van der Waals surface area contributed by atoms with E-state index in [1.54, 1.807) is 20.2 Å². The predicted molar refractivity (Wildman–Crippen MR) is 105 cm³/mol. The summed E-state index contributed by atoms with van der Waals surface area (Å²) in [6.07, 6.45) is 1.86. The molecule has 0 atom stereocenters. The fourth-order valence-electron chi connectivity index (χ4n) is 2.73. The van der Waals surface area contributed by atoms with Crippen LogP contribution in [0.2, 0.25) is 0 Å². The van der Waals surface area contributed by atoms with E-state index in [1.165, 1.54) is 15.4 Å². The maximum absolute atomic E-state index is 11.0. The molecule has 0 radical (unpaired) electrons. The number of carbonyl (C=O) groups is 2. The van der Waals surface area contributed by atoms with E-state index in [1.807, 2.05) is 30.5 Å². The third-order valence-corrected chi connectivity index (χ3v) is 4.42. The second-order valence-electron chi connectivity index (χ2n) is 5.87. The summed E-state index contributed by atoms with van der Waals surface area (Å²) in [6, 6.07) is 10.9. The Morgan fingerprint density at radius 3 is 2.18 bits per heavy atom. The van der Waals surface area contributed by atoms with E-state index < -0.39 is 11.9 Å². The molecule has 0 spiro atoms. The van der Waals surface area contributed by atoms with E-state index in [0.29, 0.717) is 10.3 Å². The van der Waals surface area contributed by atoms with Crippen LogP contribution in [0.4, 0.5) is 0 Å². The molecule has 9 nitrogen and oxygen atoms in total. The molecular formula is C18H16BrN5O4. The standard InChI is InChI=1S/C13H11N3O2.C5H5BrN2O2/c1-16-11(13(17)18)7-10(15-16)9-4-2-3-8-5-6-14-12(8)9;1-8-3(5(9)10)2-4(6)7-8/h2-7,14H,1H3,(H,17,18);2H,1H3,(H,9,10). The molecule has 4 aromatic rings. The Morgan fingerprint density at radius 2 is 1.64 bits per heavy atom. The zero-order valence-electron chi connectivity index (χ0n) is 14.9. The molecule has 1 aromatic carbocycles. The van der Waals surface area contributed by atoms with Crippen molar-refractivity contribution in [3.05, 3.63) is 58.6 Å². The molecule has 0 aliphatic carbocycles. The number of hydrogen-bond donors (Lipinski definition) is 3. The van der Waals surface area contributed by atoms with Crippen molar-refractivity contribution in [3.63, 3.8) is 0 Å². The number of hydrogen-bond acceptors (Lipinski definition) is 4. The van der Waals surface area contributed by atoms with E-state index in [-0.39, 0.29) is 11.4 Å². The van der Waals surface area contributed by atoms with Crippen LogP contribution in [0.3, 0.4) is 0 Å². The number of nitrogens with one attached hydrogen (secondary N) is 1. The minimum atomic E-state index is -0.977. The Kier molecular flexibility index (Phi) is 5.32.